The summed E-state index contributed by atoms with van der Waals surface area (Å²) in [6, 6.07) is 13.8. The molecule has 1 aliphatic carbocycles. The van der Waals surface area contributed by atoms with Gasteiger partial charge in [0.15, 0.2) is 6.10 Å². The third kappa shape index (κ3) is 7.26. The van der Waals surface area contributed by atoms with Gasteiger partial charge < -0.3 is 19.5 Å². The Hall–Kier alpha value is -4.18. The first-order valence-corrected chi connectivity index (χ1v) is 14.2. The zero-order chi connectivity index (χ0) is 28.5. The number of esters is 1. The third-order valence-electron chi connectivity index (χ3n) is 6.26. The summed E-state index contributed by atoms with van der Waals surface area (Å²) in [5.74, 6) is 0.0219. The van der Waals surface area contributed by atoms with Crippen molar-refractivity contribution < 1.29 is 28.6 Å². The number of amides is 2. The first-order chi connectivity index (χ1) is 19.4. The molecule has 0 fully saturated rings. The molecule has 1 aliphatic rings. The maximum Gasteiger partial charge on any atom is 0.341 e. The van der Waals surface area contributed by atoms with Crippen molar-refractivity contribution in [2.75, 3.05) is 18.5 Å². The number of nitrogens with zero attached hydrogens (tertiary/aromatic N) is 1. The number of hydrazone groups is 1. The molecular formula is C30H33N3O6S. The molecule has 0 radical (unpaired) electrons. The number of hydrogen-bond acceptors (Lipinski definition) is 8. The van der Waals surface area contributed by atoms with Gasteiger partial charge >= 0.3 is 5.97 Å². The SMILES string of the molecule is CCOC(=O)c1c(NC(=O)c2ccc(O[C@H](C)C(=O)N/N=C\c3ccc(OCC)cc3)cc2)sc2c1CCCC2. The van der Waals surface area contributed by atoms with E-state index in [1.165, 1.54) is 17.6 Å². The van der Waals surface area contributed by atoms with E-state index in [-0.39, 0.29) is 12.5 Å². The number of hydrogen-bond donors (Lipinski definition) is 2. The summed E-state index contributed by atoms with van der Waals surface area (Å²) < 4.78 is 16.4. The Morgan fingerprint density at radius 1 is 0.975 bits per heavy atom. The minimum absolute atomic E-state index is 0.268. The molecule has 0 saturated heterocycles. The topological polar surface area (TPSA) is 115 Å². The fourth-order valence-corrected chi connectivity index (χ4v) is 5.54. The second-order valence-corrected chi connectivity index (χ2v) is 10.2. The summed E-state index contributed by atoms with van der Waals surface area (Å²) in [6.45, 7) is 6.15. The summed E-state index contributed by atoms with van der Waals surface area (Å²) in [5, 5.41) is 7.40. The van der Waals surface area contributed by atoms with E-state index in [0.717, 1.165) is 47.4 Å². The first kappa shape index (κ1) is 28.8. The van der Waals surface area contributed by atoms with Gasteiger partial charge in [0.25, 0.3) is 11.8 Å². The van der Waals surface area contributed by atoms with Crippen LogP contribution in [0.25, 0.3) is 0 Å². The number of carbonyl (C=O) groups is 3. The first-order valence-electron chi connectivity index (χ1n) is 13.3. The van der Waals surface area contributed by atoms with Gasteiger partial charge in [-0.1, -0.05) is 0 Å². The number of thiophene rings is 1. The molecule has 1 atom stereocenters. The van der Waals surface area contributed by atoms with Crippen LogP contribution in [0.5, 0.6) is 11.5 Å². The van der Waals surface area contributed by atoms with Gasteiger partial charge in [-0.2, -0.15) is 5.10 Å². The monoisotopic (exact) mass is 563 g/mol. The molecule has 40 heavy (non-hydrogen) atoms. The van der Waals surface area contributed by atoms with Crippen molar-refractivity contribution in [2.24, 2.45) is 5.10 Å². The maximum atomic E-state index is 13.0. The predicted octanol–water partition coefficient (Wildman–Crippen LogP) is 5.37. The van der Waals surface area contributed by atoms with Gasteiger partial charge in [-0.05, 0) is 106 Å². The molecule has 0 aliphatic heterocycles. The van der Waals surface area contributed by atoms with Gasteiger partial charge in [-0.25, -0.2) is 10.2 Å². The van der Waals surface area contributed by atoms with Crippen molar-refractivity contribution in [1.82, 2.24) is 5.43 Å². The molecule has 0 saturated carbocycles. The summed E-state index contributed by atoms with van der Waals surface area (Å²) in [5.41, 5.74) is 5.13. The number of aryl methyl sites for hydroxylation is 1. The van der Waals surface area contributed by atoms with E-state index in [2.05, 4.69) is 15.8 Å². The van der Waals surface area contributed by atoms with E-state index in [0.29, 0.717) is 28.5 Å². The van der Waals surface area contributed by atoms with Gasteiger partial charge in [-0.3, -0.25) is 9.59 Å². The largest absolute Gasteiger partial charge is 0.494 e. The summed E-state index contributed by atoms with van der Waals surface area (Å²) in [6.07, 6.45) is 4.49. The lowest BCUT2D eigenvalue weighted by Crippen LogP contribution is -2.33. The lowest BCUT2D eigenvalue weighted by atomic mass is 9.95. The van der Waals surface area contributed by atoms with Crippen molar-refractivity contribution in [3.63, 3.8) is 0 Å². The lowest BCUT2D eigenvalue weighted by Gasteiger charge is -2.13. The number of carbonyl (C=O) groups excluding carboxylic acids is 3. The van der Waals surface area contributed by atoms with Crippen LogP contribution < -0.4 is 20.2 Å². The fourth-order valence-electron chi connectivity index (χ4n) is 4.27. The molecule has 0 unspecified atom stereocenters. The molecule has 1 heterocycles. The van der Waals surface area contributed by atoms with Crippen LogP contribution in [-0.2, 0) is 22.4 Å². The minimum atomic E-state index is -0.818. The number of ether oxygens (including phenoxy) is 3. The molecule has 2 N–H and O–H groups in total. The Kier molecular flexibility index (Phi) is 9.91. The maximum absolute atomic E-state index is 13.0. The van der Waals surface area contributed by atoms with Crippen LogP contribution in [0.15, 0.2) is 53.6 Å². The molecule has 1 aromatic heterocycles. The second kappa shape index (κ2) is 13.7. The number of nitrogens with one attached hydrogen (secondary N) is 2. The predicted molar refractivity (Wildman–Crippen MR) is 155 cm³/mol. The highest BCUT2D eigenvalue weighted by Crippen LogP contribution is 2.38. The molecule has 2 amide bonds. The lowest BCUT2D eigenvalue weighted by molar-refractivity contribution is -0.127. The van der Waals surface area contributed by atoms with Gasteiger partial charge in [0, 0.05) is 10.4 Å². The third-order valence-corrected chi connectivity index (χ3v) is 7.46. The Morgan fingerprint density at radius 2 is 1.68 bits per heavy atom. The fraction of sp³-hybridized carbons (Fsp3) is 0.333. The Morgan fingerprint density at radius 3 is 2.38 bits per heavy atom. The van der Waals surface area contributed by atoms with Crippen LogP contribution >= 0.6 is 11.3 Å². The van der Waals surface area contributed by atoms with Crippen molar-refractivity contribution in [3.05, 3.63) is 75.7 Å². The van der Waals surface area contributed by atoms with Crippen LogP contribution in [0.2, 0.25) is 0 Å². The van der Waals surface area contributed by atoms with Gasteiger partial charge in [0.2, 0.25) is 0 Å². The van der Waals surface area contributed by atoms with E-state index in [1.807, 2.05) is 31.2 Å². The summed E-state index contributed by atoms with van der Waals surface area (Å²) >= 11 is 1.44. The van der Waals surface area contributed by atoms with Crippen LogP contribution in [-0.4, -0.2) is 43.3 Å². The Bertz CT molecular complexity index is 1370. The minimum Gasteiger partial charge on any atom is -0.494 e. The van der Waals surface area contributed by atoms with Crippen LogP contribution in [0.3, 0.4) is 0 Å². The molecule has 10 heteroatoms. The van der Waals surface area contributed by atoms with E-state index < -0.39 is 18.0 Å². The van der Waals surface area contributed by atoms with E-state index in [4.69, 9.17) is 14.2 Å². The van der Waals surface area contributed by atoms with E-state index >= 15 is 0 Å². The smallest absolute Gasteiger partial charge is 0.341 e. The molecule has 0 bridgehead atoms. The quantitative estimate of drug-likeness (QED) is 0.184. The number of fused-ring (bicyclic) bond motifs is 1. The van der Waals surface area contributed by atoms with E-state index in [1.54, 1.807) is 38.1 Å². The molecule has 210 valence electrons. The van der Waals surface area contributed by atoms with Crippen molar-refractivity contribution in [3.8, 4) is 11.5 Å². The van der Waals surface area contributed by atoms with Crippen LogP contribution in [0, 0.1) is 0 Å². The molecule has 2 aromatic carbocycles. The van der Waals surface area contributed by atoms with E-state index in [9.17, 15) is 14.4 Å². The van der Waals surface area contributed by atoms with Crippen molar-refractivity contribution in [2.45, 2.75) is 52.6 Å². The van der Waals surface area contributed by atoms with Crippen LogP contribution in [0.1, 0.15) is 70.3 Å². The average molecular weight is 564 g/mol. The number of rotatable bonds is 11. The van der Waals surface area contributed by atoms with Crippen molar-refractivity contribution >= 4 is 40.3 Å². The molecule has 3 aromatic rings. The molecule has 0 spiro atoms. The Balaban J connectivity index is 1.33. The highest BCUT2D eigenvalue weighted by atomic mass is 32.1. The number of anilines is 1. The zero-order valence-corrected chi connectivity index (χ0v) is 23.6. The summed E-state index contributed by atoms with van der Waals surface area (Å²) in [7, 11) is 0. The van der Waals surface area contributed by atoms with Crippen LogP contribution in [0.4, 0.5) is 5.00 Å². The zero-order valence-electron chi connectivity index (χ0n) is 22.8. The average Bonchev–Trinajstić information content (AvgIpc) is 3.32. The Labute approximate surface area is 237 Å². The normalized spacial score (nSPS) is 13.3. The standard InChI is InChI=1S/C30H33N3O6S/c1-4-37-22-14-10-20(11-15-22)18-31-33-27(34)19(3)39-23-16-12-21(13-17-23)28(35)32-29-26(30(36)38-5-2)24-8-6-7-9-25(24)40-29/h10-19H,4-9H2,1-3H3,(H,32,35)(H,33,34)/b31-18-/t19-/m1/s1. The molecule has 9 nitrogen and oxygen atoms in total. The van der Waals surface area contributed by atoms with Crippen molar-refractivity contribution in [1.29, 1.82) is 0 Å². The number of benzene rings is 2. The van der Waals surface area contributed by atoms with Gasteiger partial charge in [0.05, 0.1) is 25.0 Å². The second-order valence-electron chi connectivity index (χ2n) is 9.11. The highest BCUT2D eigenvalue weighted by Gasteiger charge is 2.27. The highest BCUT2D eigenvalue weighted by molar-refractivity contribution is 7.17. The summed E-state index contributed by atoms with van der Waals surface area (Å²) in [4.78, 5) is 39.2. The van der Waals surface area contributed by atoms with Gasteiger partial charge in [0.1, 0.15) is 16.5 Å². The van der Waals surface area contributed by atoms with Gasteiger partial charge in [-0.15, -0.1) is 11.3 Å². The molecular weight excluding hydrogens is 530 g/mol. The molecule has 4 rings (SSSR count).